The van der Waals surface area contributed by atoms with Crippen LogP contribution in [-0.2, 0) is 0 Å². The van der Waals surface area contributed by atoms with E-state index in [0.29, 0.717) is 17.4 Å². The predicted octanol–water partition coefficient (Wildman–Crippen LogP) is 5.95. The van der Waals surface area contributed by atoms with E-state index in [4.69, 9.17) is 0 Å². The van der Waals surface area contributed by atoms with Gasteiger partial charge in [0, 0.05) is 20.8 Å². The highest BCUT2D eigenvalue weighted by Crippen LogP contribution is 2.47. The Kier molecular flexibility index (Phi) is 4.98. The Labute approximate surface area is 151 Å². The van der Waals surface area contributed by atoms with Gasteiger partial charge in [0.05, 0.1) is 12.4 Å². The second-order valence-electron chi connectivity index (χ2n) is 7.28. The molecule has 1 unspecified atom stereocenters. The molecule has 3 rings (SSSR count). The van der Waals surface area contributed by atoms with Crippen LogP contribution in [0.5, 0.6) is 0 Å². The van der Waals surface area contributed by atoms with Gasteiger partial charge in [-0.1, -0.05) is 20.8 Å². The summed E-state index contributed by atoms with van der Waals surface area (Å²) in [5.41, 5.74) is 0.368. The molecular weight excluding hydrogens is 403 g/mol. The minimum absolute atomic E-state index is 0.368. The van der Waals surface area contributed by atoms with Crippen molar-refractivity contribution in [1.29, 1.82) is 0 Å². The summed E-state index contributed by atoms with van der Waals surface area (Å²) >= 11 is 4.37. The molecule has 119 valence electrons. The number of thiophene rings is 1. The first kappa shape index (κ1) is 16.5. The molecule has 1 aliphatic carbocycles. The topological polar surface area (TPSA) is 17.8 Å². The van der Waals surface area contributed by atoms with E-state index in [1.54, 1.807) is 5.92 Å². The van der Waals surface area contributed by atoms with Crippen LogP contribution in [0.25, 0.3) is 0 Å². The fourth-order valence-electron chi connectivity index (χ4n) is 3.60. The molecule has 1 aliphatic rings. The molecule has 1 saturated carbocycles. The van der Waals surface area contributed by atoms with Crippen LogP contribution in [0.15, 0.2) is 30.2 Å². The van der Waals surface area contributed by atoms with Gasteiger partial charge in [0.15, 0.2) is 0 Å². The Bertz CT molecular complexity index is 589. The molecular formula is C18H24IN2S. The molecule has 1 atom stereocenters. The van der Waals surface area contributed by atoms with Crippen molar-refractivity contribution in [3.8, 4) is 0 Å². The molecule has 2 heterocycles. The first-order chi connectivity index (χ1) is 10.5. The molecule has 2 nitrogen and oxygen atoms in total. The summed E-state index contributed by atoms with van der Waals surface area (Å²) in [7, 11) is 0. The third-order valence-electron chi connectivity index (χ3n) is 4.90. The second kappa shape index (κ2) is 6.63. The Hall–Kier alpha value is -0.360. The van der Waals surface area contributed by atoms with Gasteiger partial charge in [-0.2, -0.15) is 0 Å². The smallest absolute Gasteiger partial charge is 0.0952 e. The molecule has 2 aromatic rings. The van der Waals surface area contributed by atoms with Crippen molar-refractivity contribution < 1.29 is 0 Å². The van der Waals surface area contributed by atoms with Crippen LogP contribution in [0.2, 0.25) is 0 Å². The zero-order valence-corrected chi connectivity index (χ0v) is 16.5. The molecule has 22 heavy (non-hydrogen) atoms. The molecule has 0 aromatic carbocycles. The van der Waals surface area contributed by atoms with Crippen LogP contribution in [-0.4, -0.2) is 9.55 Å². The van der Waals surface area contributed by atoms with Gasteiger partial charge < -0.3 is 4.57 Å². The van der Waals surface area contributed by atoms with E-state index in [9.17, 15) is 0 Å². The first-order valence-corrected chi connectivity index (χ1v) is 9.98. The van der Waals surface area contributed by atoms with Gasteiger partial charge in [-0.15, -0.1) is 11.3 Å². The summed E-state index contributed by atoms with van der Waals surface area (Å²) in [4.78, 5) is 5.79. The molecule has 0 amide bonds. The van der Waals surface area contributed by atoms with Gasteiger partial charge in [0.1, 0.15) is 0 Å². The van der Waals surface area contributed by atoms with E-state index in [2.05, 4.69) is 70.6 Å². The number of nitrogens with zero attached hydrogens (tertiary/aromatic N) is 2. The highest BCUT2D eigenvalue weighted by molar-refractivity contribution is 14.1. The lowest BCUT2D eigenvalue weighted by molar-refractivity contribution is 0.247. The summed E-state index contributed by atoms with van der Waals surface area (Å²) in [6.07, 6.45) is 11.2. The van der Waals surface area contributed by atoms with E-state index in [1.807, 2.05) is 23.9 Å². The molecule has 0 spiro atoms. The van der Waals surface area contributed by atoms with Crippen LogP contribution in [0.1, 0.15) is 57.4 Å². The van der Waals surface area contributed by atoms with E-state index in [0.717, 1.165) is 0 Å². The van der Waals surface area contributed by atoms with Crippen molar-refractivity contribution in [2.24, 2.45) is 11.3 Å². The highest BCUT2D eigenvalue weighted by Gasteiger charge is 2.35. The zero-order chi connectivity index (χ0) is 15.7. The van der Waals surface area contributed by atoms with Gasteiger partial charge in [-0.3, -0.25) is 0 Å². The first-order valence-electron chi connectivity index (χ1n) is 8.02. The Morgan fingerprint density at radius 2 is 2.05 bits per heavy atom. The minimum atomic E-state index is 0.368. The standard InChI is InChI=1S/C18H24IN2S/c1-18(2,3)14-6-4-13(5-7-14)16(21-10-9-20-12-21)17-15(19)8-11-22-17/h8-13,16H,4-7H2,1-3H3. The van der Waals surface area contributed by atoms with Crippen LogP contribution in [0.3, 0.4) is 0 Å². The Morgan fingerprint density at radius 1 is 1.32 bits per heavy atom. The number of rotatable bonds is 3. The Balaban J connectivity index is 1.82. The van der Waals surface area contributed by atoms with Gasteiger partial charge in [0.2, 0.25) is 0 Å². The number of halogens is 1. The summed E-state index contributed by atoms with van der Waals surface area (Å²) in [5, 5.41) is 2.22. The SMILES string of the molecule is CC(C)(C)[C]1CCC(C(c2sccc2I)n2ccnc2)CC1. The summed E-state index contributed by atoms with van der Waals surface area (Å²) in [6, 6.07) is 2.69. The van der Waals surface area contributed by atoms with Gasteiger partial charge >= 0.3 is 0 Å². The lowest BCUT2D eigenvalue weighted by Crippen LogP contribution is -2.28. The average Bonchev–Trinajstić information content (AvgIpc) is 3.12. The van der Waals surface area contributed by atoms with Crippen molar-refractivity contribution in [1.82, 2.24) is 9.55 Å². The Morgan fingerprint density at radius 3 is 2.55 bits per heavy atom. The van der Waals surface area contributed by atoms with Crippen molar-refractivity contribution in [2.45, 2.75) is 52.5 Å². The van der Waals surface area contributed by atoms with E-state index in [-0.39, 0.29) is 0 Å². The molecule has 1 fully saturated rings. The fraction of sp³-hybridized carbons (Fsp3) is 0.556. The monoisotopic (exact) mass is 427 g/mol. The van der Waals surface area contributed by atoms with Crippen LogP contribution in [0, 0.1) is 20.8 Å². The third kappa shape index (κ3) is 3.42. The maximum atomic E-state index is 4.29. The van der Waals surface area contributed by atoms with E-state index in [1.165, 1.54) is 34.1 Å². The molecule has 0 aliphatic heterocycles. The quantitative estimate of drug-likeness (QED) is 0.554. The summed E-state index contributed by atoms with van der Waals surface area (Å²) in [5.74, 6) is 2.46. The van der Waals surface area contributed by atoms with Gasteiger partial charge in [-0.25, -0.2) is 4.98 Å². The second-order valence-corrected chi connectivity index (χ2v) is 9.39. The van der Waals surface area contributed by atoms with Crippen LogP contribution >= 0.6 is 33.9 Å². The van der Waals surface area contributed by atoms with Crippen molar-refractivity contribution in [3.63, 3.8) is 0 Å². The maximum Gasteiger partial charge on any atom is 0.0952 e. The molecule has 0 bridgehead atoms. The molecule has 1 radical (unpaired) electrons. The molecule has 2 aromatic heterocycles. The maximum absolute atomic E-state index is 4.29. The van der Waals surface area contributed by atoms with Crippen LogP contribution < -0.4 is 0 Å². The zero-order valence-electron chi connectivity index (χ0n) is 13.6. The van der Waals surface area contributed by atoms with E-state index >= 15 is 0 Å². The lowest BCUT2D eigenvalue weighted by atomic mass is 9.68. The van der Waals surface area contributed by atoms with Crippen molar-refractivity contribution >= 4 is 33.9 Å². The minimum Gasteiger partial charge on any atom is -0.329 e. The largest absolute Gasteiger partial charge is 0.329 e. The fourth-order valence-corrected chi connectivity index (χ4v) is 5.71. The molecule has 4 heteroatoms. The lowest BCUT2D eigenvalue weighted by Gasteiger charge is -2.39. The number of hydrogen-bond donors (Lipinski definition) is 0. The average molecular weight is 427 g/mol. The third-order valence-corrected chi connectivity index (χ3v) is 7.19. The summed E-state index contributed by atoms with van der Waals surface area (Å²) in [6.45, 7) is 7.08. The van der Waals surface area contributed by atoms with Crippen LogP contribution in [0.4, 0.5) is 0 Å². The predicted molar refractivity (Wildman–Crippen MR) is 102 cm³/mol. The number of imidazole rings is 1. The normalized spacial score (nSPS) is 19.5. The molecule has 0 N–H and O–H groups in total. The molecule has 0 saturated heterocycles. The van der Waals surface area contributed by atoms with E-state index < -0.39 is 0 Å². The van der Waals surface area contributed by atoms with Crippen molar-refractivity contribution in [2.75, 3.05) is 0 Å². The van der Waals surface area contributed by atoms with Crippen molar-refractivity contribution in [3.05, 3.63) is 44.5 Å². The summed E-state index contributed by atoms with van der Waals surface area (Å²) < 4.78 is 3.72. The van der Waals surface area contributed by atoms with Gasteiger partial charge in [0.25, 0.3) is 0 Å². The highest BCUT2D eigenvalue weighted by atomic mass is 127. The number of hydrogen-bond acceptors (Lipinski definition) is 2. The van der Waals surface area contributed by atoms with Gasteiger partial charge in [-0.05, 0) is 77.0 Å². The number of aromatic nitrogens is 2.